The van der Waals surface area contributed by atoms with E-state index in [-0.39, 0.29) is 5.57 Å². The van der Waals surface area contributed by atoms with E-state index in [0.29, 0.717) is 0 Å². The minimum atomic E-state index is -1.22. The lowest BCUT2D eigenvalue weighted by molar-refractivity contribution is -0.132. The molecule has 0 amide bonds. The molecule has 0 saturated heterocycles. The van der Waals surface area contributed by atoms with E-state index in [1.54, 1.807) is 6.07 Å². The lowest BCUT2D eigenvalue weighted by atomic mass is 10.1. The first-order valence-corrected chi connectivity index (χ1v) is 15.8. The second-order valence-corrected chi connectivity index (χ2v) is 11.8. The van der Waals surface area contributed by atoms with E-state index in [2.05, 4.69) is 113 Å². The van der Waals surface area contributed by atoms with E-state index < -0.39 is 5.97 Å². The maximum absolute atomic E-state index is 11.2. The van der Waals surface area contributed by atoms with Gasteiger partial charge in [0.25, 0.3) is 0 Å². The molecule has 5 nitrogen and oxygen atoms in total. The zero-order valence-electron chi connectivity index (χ0n) is 25.0. The van der Waals surface area contributed by atoms with Gasteiger partial charge in [-0.05, 0) is 109 Å². The maximum Gasteiger partial charge on any atom is 0.346 e. The third-order valence-corrected chi connectivity index (χ3v) is 8.50. The van der Waals surface area contributed by atoms with Crippen molar-refractivity contribution < 1.29 is 9.90 Å². The highest BCUT2D eigenvalue weighted by Crippen LogP contribution is 2.38. The molecule has 0 unspecified atom stereocenters. The molecular weight excluding hydrogens is 587 g/mol. The molecule has 1 aliphatic rings. The number of carboxylic acids is 1. The highest BCUT2D eigenvalue weighted by molar-refractivity contribution is 7.13. The second kappa shape index (κ2) is 14.3. The lowest BCUT2D eigenvalue weighted by Gasteiger charge is -2.29. The molecule has 1 N–H and O–H groups in total. The van der Waals surface area contributed by atoms with Crippen molar-refractivity contribution in [2.75, 3.05) is 9.80 Å². The predicted octanol–water partition coefficient (Wildman–Crippen LogP) is 10.8. The van der Waals surface area contributed by atoms with Gasteiger partial charge in [-0.1, -0.05) is 66.8 Å². The van der Waals surface area contributed by atoms with Crippen molar-refractivity contribution in [3.63, 3.8) is 0 Å². The van der Waals surface area contributed by atoms with Gasteiger partial charge in [0.05, 0.1) is 0 Å². The molecule has 1 aromatic heterocycles. The molecule has 0 bridgehead atoms. The summed E-state index contributed by atoms with van der Waals surface area (Å²) in [6, 6.07) is 43.4. The van der Waals surface area contributed by atoms with Crippen LogP contribution < -0.4 is 9.80 Å². The third-order valence-electron chi connectivity index (χ3n) is 7.50. The zero-order chi connectivity index (χ0) is 31.7. The summed E-state index contributed by atoms with van der Waals surface area (Å²) in [5.41, 5.74) is 7.31. The molecule has 0 radical (unpaired) electrons. The van der Waals surface area contributed by atoms with E-state index >= 15 is 0 Å². The van der Waals surface area contributed by atoms with Gasteiger partial charge in [0.15, 0.2) is 0 Å². The largest absolute Gasteiger partial charge is 0.477 e. The number of thiophene rings is 1. The van der Waals surface area contributed by atoms with Crippen LogP contribution in [0.15, 0.2) is 151 Å². The first kappa shape index (κ1) is 30.1. The molecule has 0 aliphatic heterocycles. The van der Waals surface area contributed by atoms with Crippen LogP contribution in [0.25, 0.3) is 18.2 Å². The number of anilines is 5. The lowest BCUT2D eigenvalue weighted by Crippen LogP contribution is -2.16. The molecular formula is C40H31N3O2S. The number of allylic oxidation sites excluding steroid dienone is 3. The molecule has 0 atom stereocenters. The number of benzene rings is 4. The van der Waals surface area contributed by atoms with Crippen molar-refractivity contribution in [3.8, 4) is 6.07 Å². The summed E-state index contributed by atoms with van der Waals surface area (Å²) in [6.45, 7) is 0. The molecule has 224 valence electrons. The van der Waals surface area contributed by atoms with Crippen molar-refractivity contribution in [3.05, 3.63) is 166 Å². The number of aliphatic carboxylic acids is 1. The van der Waals surface area contributed by atoms with Gasteiger partial charge in [0.2, 0.25) is 0 Å². The smallest absolute Gasteiger partial charge is 0.346 e. The maximum atomic E-state index is 11.2. The number of para-hydroxylation sites is 2. The van der Waals surface area contributed by atoms with Crippen LogP contribution in [-0.2, 0) is 4.79 Å². The number of nitrogens with zero attached hydrogens (tertiary/aromatic N) is 3. The van der Waals surface area contributed by atoms with Gasteiger partial charge in [-0.2, -0.15) is 5.26 Å². The first-order valence-electron chi connectivity index (χ1n) is 15.0. The number of rotatable bonds is 10. The van der Waals surface area contributed by atoms with Crippen LogP contribution in [0.3, 0.4) is 0 Å². The van der Waals surface area contributed by atoms with Crippen LogP contribution in [0.2, 0.25) is 0 Å². The Hall–Kier alpha value is -5.90. The Bertz CT molecular complexity index is 1960. The second-order valence-electron chi connectivity index (χ2n) is 10.6. The third kappa shape index (κ3) is 7.07. The molecule has 1 heterocycles. The molecule has 6 rings (SSSR count). The first-order chi connectivity index (χ1) is 22.6. The fourth-order valence-electron chi connectivity index (χ4n) is 5.30. The fraction of sp³-hybridized carbons (Fsp3) is 0.0500. The summed E-state index contributed by atoms with van der Waals surface area (Å²) >= 11 is 1.43. The summed E-state index contributed by atoms with van der Waals surface area (Å²) in [5, 5.41) is 18.1. The summed E-state index contributed by atoms with van der Waals surface area (Å²) in [6.07, 6.45) is 14.2. The molecule has 1 aliphatic carbocycles. The average molecular weight is 618 g/mol. The van der Waals surface area contributed by atoms with Gasteiger partial charge in [0.1, 0.15) is 11.6 Å². The Balaban J connectivity index is 1.27. The molecule has 0 fully saturated rings. The van der Waals surface area contributed by atoms with Crippen molar-refractivity contribution in [1.29, 1.82) is 5.26 Å². The van der Waals surface area contributed by atoms with Crippen LogP contribution in [0, 0.1) is 11.3 Å². The number of nitriles is 1. The van der Waals surface area contributed by atoms with E-state index in [1.165, 1.54) is 23.1 Å². The molecule has 6 heteroatoms. The van der Waals surface area contributed by atoms with E-state index in [1.807, 2.05) is 48.6 Å². The standard InChI is InChI=1S/C40H31N3O2S/c41-29-31(40(44)45)28-39-27-26-38(46-39)25-18-30-16-19-35(20-17-30)43(34-14-8-3-9-15-34)37-23-21-36(22-24-37)42(32-10-4-1-5-11-32)33-12-6-2-7-13-33/h1,3-6,8-28H,2,7H2,(H,44,45)/b25-18+,31-28+. The van der Waals surface area contributed by atoms with Crippen LogP contribution >= 0.6 is 11.3 Å². The van der Waals surface area contributed by atoms with Gasteiger partial charge in [-0.3, -0.25) is 0 Å². The summed E-state index contributed by atoms with van der Waals surface area (Å²) in [7, 11) is 0. The normalized spacial score (nSPS) is 12.8. The molecule has 46 heavy (non-hydrogen) atoms. The minimum absolute atomic E-state index is 0.280. The van der Waals surface area contributed by atoms with Crippen molar-refractivity contribution in [2.45, 2.75) is 12.8 Å². The summed E-state index contributed by atoms with van der Waals surface area (Å²) in [5.74, 6) is -1.22. The van der Waals surface area contributed by atoms with E-state index in [0.717, 1.165) is 56.6 Å². The van der Waals surface area contributed by atoms with Crippen molar-refractivity contribution in [1.82, 2.24) is 0 Å². The minimum Gasteiger partial charge on any atom is -0.477 e. The van der Waals surface area contributed by atoms with Gasteiger partial charge < -0.3 is 14.9 Å². The number of hydrogen-bond acceptors (Lipinski definition) is 5. The Morgan fingerprint density at radius 2 is 1.22 bits per heavy atom. The highest BCUT2D eigenvalue weighted by atomic mass is 32.1. The molecule has 0 spiro atoms. The predicted molar refractivity (Wildman–Crippen MR) is 191 cm³/mol. The Labute approximate surface area is 273 Å². The number of hydrogen-bond donors (Lipinski definition) is 1. The topological polar surface area (TPSA) is 67.6 Å². The highest BCUT2D eigenvalue weighted by Gasteiger charge is 2.17. The molecule has 0 saturated carbocycles. The monoisotopic (exact) mass is 617 g/mol. The van der Waals surface area contributed by atoms with Gasteiger partial charge in [-0.15, -0.1) is 11.3 Å². The Morgan fingerprint density at radius 1 is 0.674 bits per heavy atom. The van der Waals surface area contributed by atoms with Crippen LogP contribution in [-0.4, -0.2) is 11.1 Å². The van der Waals surface area contributed by atoms with Crippen LogP contribution in [0.1, 0.15) is 28.2 Å². The zero-order valence-corrected chi connectivity index (χ0v) is 25.8. The van der Waals surface area contributed by atoms with Gasteiger partial charge >= 0.3 is 5.97 Å². The Kier molecular flexibility index (Phi) is 9.34. The van der Waals surface area contributed by atoms with Crippen molar-refractivity contribution in [2.24, 2.45) is 0 Å². The SMILES string of the molecule is N#C/C(=C\c1ccc(/C=C/c2ccc(N(c3ccccc3)c3ccc(N(C4=CCCC=C4)c4ccccc4)cc3)cc2)s1)C(=O)O. The van der Waals surface area contributed by atoms with Gasteiger partial charge in [-0.25, -0.2) is 4.79 Å². The van der Waals surface area contributed by atoms with Gasteiger partial charge in [0, 0.05) is 43.9 Å². The average Bonchev–Trinajstić information content (AvgIpc) is 3.56. The molecule has 5 aromatic rings. The number of carbonyl (C=O) groups is 1. The molecule has 4 aromatic carbocycles. The van der Waals surface area contributed by atoms with Crippen LogP contribution in [0.5, 0.6) is 0 Å². The van der Waals surface area contributed by atoms with E-state index in [9.17, 15) is 4.79 Å². The Morgan fingerprint density at radius 3 is 1.78 bits per heavy atom. The van der Waals surface area contributed by atoms with E-state index in [4.69, 9.17) is 10.4 Å². The summed E-state index contributed by atoms with van der Waals surface area (Å²) in [4.78, 5) is 17.4. The number of carboxylic acid groups (broad SMARTS) is 1. The van der Waals surface area contributed by atoms with Crippen LogP contribution in [0.4, 0.5) is 28.4 Å². The fourth-order valence-corrected chi connectivity index (χ4v) is 6.15. The van der Waals surface area contributed by atoms with Crippen molar-refractivity contribution >= 4 is 64.0 Å². The summed E-state index contributed by atoms with van der Waals surface area (Å²) < 4.78 is 0. The quantitative estimate of drug-likeness (QED) is 0.125.